The van der Waals surface area contributed by atoms with Gasteiger partial charge in [-0.1, -0.05) is 0 Å². The molecule has 0 bridgehead atoms. The van der Waals surface area contributed by atoms with Crippen LogP contribution in [0.4, 0.5) is 8.78 Å². The second-order valence-corrected chi connectivity index (χ2v) is 4.59. The molecule has 2 aromatic carbocycles. The summed E-state index contributed by atoms with van der Waals surface area (Å²) in [4.78, 5) is 0. The van der Waals surface area contributed by atoms with Gasteiger partial charge in [-0.2, -0.15) is 0 Å². The van der Waals surface area contributed by atoms with E-state index in [1.807, 2.05) is 0 Å². The number of rotatable bonds is 3. The van der Waals surface area contributed by atoms with Gasteiger partial charge in [0, 0.05) is 11.6 Å². The third-order valence-electron chi connectivity index (χ3n) is 2.36. The molecule has 0 saturated carbocycles. The molecule has 0 fully saturated rings. The van der Waals surface area contributed by atoms with Gasteiger partial charge in [-0.15, -0.1) is 0 Å². The van der Waals surface area contributed by atoms with Gasteiger partial charge in [-0.05, 0) is 46.3 Å². The highest BCUT2D eigenvalue weighted by Gasteiger charge is 2.10. The standard InChI is InChI=1S/C13H9BrF2N2O/c14-9-3-2-8(15)6-12(9)19-11-4-1-7(13(17)18)5-10(11)16/h1-6H,(H3,17,18). The lowest BCUT2D eigenvalue weighted by atomic mass is 10.2. The maximum Gasteiger partial charge on any atom is 0.166 e. The average Bonchev–Trinajstić information content (AvgIpc) is 2.36. The molecule has 0 unspecified atom stereocenters. The van der Waals surface area contributed by atoms with Crippen LogP contribution in [0.25, 0.3) is 0 Å². The van der Waals surface area contributed by atoms with Gasteiger partial charge in [-0.3, -0.25) is 5.41 Å². The molecule has 19 heavy (non-hydrogen) atoms. The lowest BCUT2D eigenvalue weighted by Crippen LogP contribution is -2.11. The Morgan fingerprint density at radius 3 is 2.47 bits per heavy atom. The van der Waals surface area contributed by atoms with Gasteiger partial charge >= 0.3 is 0 Å². The lowest BCUT2D eigenvalue weighted by Gasteiger charge is -2.09. The number of nitrogen functional groups attached to an aromatic ring is 1. The number of nitrogens with one attached hydrogen (secondary N) is 1. The molecule has 0 heterocycles. The molecule has 0 saturated heterocycles. The topological polar surface area (TPSA) is 59.1 Å². The van der Waals surface area contributed by atoms with Crippen LogP contribution in [-0.2, 0) is 0 Å². The molecule has 0 radical (unpaired) electrons. The fourth-order valence-electron chi connectivity index (χ4n) is 1.43. The number of ether oxygens (including phenoxy) is 1. The minimum atomic E-state index is -0.677. The molecule has 2 aromatic rings. The number of halogens is 3. The van der Waals surface area contributed by atoms with Gasteiger partial charge in [0.05, 0.1) is 4.47 Å². The molecule has 0 aliphatic carbocycles. The van der Waals surface area contributed by atoms with E-state index in [1.54, 1.807) is 0 Å². The maximum atomic E-state index is 13.7. The Morgan fingerprint density at radius 2 is 1.84 bits per heavy atom. The molecule has 98 valence electrons. The zero-order valence-corrected chi connectivity index (χ0v) is 11.2. The molecule has 0 atom stereocenters. The summed E-state index contributed by atoms with van der Waals surface area (Å²) in [7, 11) is 0. The second kappa shape index (κ2) is 5.36. The normalized spacial score (nSPS) is 10.3. The van der Waals surface area contributed by atoms with Crippen molar-refractivity contribution < 1.29 is 13.5 Å². The summed E-state index contributed by atoms with van der Waals surface area (Å²) >= 11 is 3.18. The van der Waals surface area contributed by atoms with Crippen LogP contribution in [0.15, 0.2) is 40.9 Å². The first-order valence-electron chi connectivity index (χ1n) is 5.24. The summed E-state index contributed by atoms with van der Waals surface area (Å²) in [5.41, 5.74) is 5.50. The number of benzene rings is 2. The van der Waals surface area contributed by atoms with Crippen molar-refractivity contribution in [1.82, 2.24) is 0 Å². The molecular formula is C13H9BrF2N2O. The van der Waals surface area contributed by atoms with Crippen molar-refractivity contribution in [3.8, 4) is 11.5 Å². The summed E-state index contributed by atoms with van der Waals surface area (Å²) in [5, 5.41) is 7.20. The van der Waals surface area contributed by atoms with Gasteiger partial charge in [-0.25, -0.2) is 8.78 Å². The number of nitrogens with two attached hydrogens (primary N) is 1. The van der Waals surface area contributed by atoms with E-state index in [-0.39, 0.29) is 22.9 Å². The largest absolute Gasteiger partial charge is 0.453 e. The number of amidine groups is 1. The minimum absolute atomic E-state index is 0.0729. The summed E-state index contributed by atoms with van der Waals surface area (Å²) in [6.07, 6.45) is 0. The predicted octanol–water partition coefficient (Wildman–Crippen LogP) is 3.80. The van der Waals surface area contributed by atoms with E-state index in [4.69, 9.17) is 15.9 Å². The first-order chi connectivity index (χ1) is 8.97. The Hall–Kier alpha value is -1.95. The molecular weight excluding hydrogens is 318 g/mol. The molecule has 3 N–H and O–H groups in total. The van der Waals surface area contributed by atoms with E-state index in [0.29, 0.717) is 4.47 Å². The van der Waals surface area contributed by atoms with Crippen LogP contribution in [0.3, 0.4) is 0 Å². The third kappa shape index (κ3) is 3.08. The molecule has 0 amide bonds. The molecule has 0 spiro atoms. The van der Waals surface area contributed by atoms with Crippen LogP contribution in [0.1, 0.15) is 5.56 Å². The van der Waals surface area contributed by atoms with E-state index in [9.17, 15) is 8.78 Å². The first kappa shape index (κ1) is 13.5. The average molecular weight is 327 g/mol. The van der Waals surface area contributed by atoms with Crippen molar-refractivity contribution in [2.24, 2.45) is 5.73 Å². The van der Waals surface area contributed by atoms with Gasteiger partial charge in [0.2, 0.25) is 0 Å². The quantitative estimate of drug-likeness (QED) is 0.665. The van der Waals surface area contributed by atoms with E-state index in [2.05, 4.69) is 15.9 Å². The van der Waals surface area contributed by atoms with Crippen molar-refractivity contribution in [2.75, 3.05) is 0 Å². The zero-order chi connectivity index (χ0) is 14.0. The van der Waals surface area contributed by atoms with Gasteiger partial charge < -0.3 is 10.5 Å². The first-order valence-corrected chi connectivity index (χ1v) is 6.03. The van der Waals surface area contributed by atoms with Crippen molar-refractivity contribution >= 4 is 21.8 Å². The number of hydrogen-bond acceptors (Lipinski definition) is 2. The lowest BCUT2D eigenvalue weighted by molar-refractivity contribution is 0.436. The fourth-order valence-corrected chi connectivity index (χ4v) is 1.75. The van der Waals surface area contributed by atoms with Gasteiger partial charge in [0.15, 0.2) is 11.6 Å². The van der Waals surface area contributed by atoms with Crippen molar-refractivity contribution in [1.29, 1.82) is 5.41 Å². The Balaban J connectivity index is 2.33. The van der Waals surface area contributed by atoms with Crippen LogP contribution in [0.5, 0.6) is 11.5 Å². The van der Waals surface area contributed by atoms with Crippen LogP contribution in [-0.4, -0.2) is 5.84 Å². The Bertz CT molecular complexity index is 647. The molecule has 0 aliphatic rings. The van der Waals surface area contributed by atoms with E-state index in [1.165, 1.54) is 24.3 Å². The van der Waals surface area contributed by atoms with E-state index in [0.717, 1.165) is 12.1 Å². The van der Waals surface area contributed by atoms with Crippen LogP contribution in [0.2, 0.25) is 0 Å². The molecule has 2 rings (SSSR count). The Kier molecular flexibility index (Phi) is 3.80. The van der Waals surface area contributed by atoms with Crippen molar-refractivity contribution in [2.45, 2.75) is 0 Å². The van der Waals surface area contributed by atoms with E-state index < -0.39 is 11.6 Å². The minimum Gasteiger partial charge on any atom is -0.453 e. The van der Waals surface area contributed by atoms with Crippen LogP contribution >= 0.6 is 15.9 Å². The molecule has 0 aliphatic heterocycles. The Labute approximate surface area is 116 Å². The number of hydrogen-bond donors (Lipinski definition) is 2. The predicted molar refractivity (Wildman–Crippen MR) is 71.6 cm³/mol. The molecule has 0 aromatic heterocycles. The highest BCUT2D eigenvalue weighted by Crippen LogP contribution is 2.31. The summed E-state index contributed by atoms with van der Waals surface area (Å²) in [5.74, 6) is -1.31. The van der Waals surface area contributed by atoms with Gasteiger partial charge in [0.25, 0.3) is 0 Å². The van der Waals surface area contributed by atoms with Crippen molar-refractivity contribution in [3.05, 3.63) is 58.1 Å². The zero-order valence-electron chi connectivity index (χ0n) is 9.58. The fraction of sp³-hybridized carbons (Fsp3) is 0. The SMILES string of the molecule is N=C(N)c1ccc(Oc2cc(F)ccc2Br)c(F)c1. The summed E-state index contributed by atoms with van der Waals surface area (Å²) in [6.45, 7) is 0. The Morgan fingerprint density at radius 1 is 1.11 bits per heavy atom. The highest BCUT2D eigenvalue weighted by atomic mass is 79.9. The highest BCUT2D eigenvalue weighted by molar-refractivity contribution is 9.10. The van der Waals surface area contributed by atoms with Crippen LogP contribution in [0, 0.1) is 17.0 Å². The summed E-state index contributed by atoms with van der Waals surface area (Å²) < 4.78 is 32.6. The second-order valence-electron chi connectivity index (χ2n) is 3.74. The third-order valence-corrected chi connectivity index (χ3v) is 3.01. The summed E-state index contributed by atoms with van der Waals surface area (Å²) in [6, 6.07) is 7.74. The van der Waals surface area contributed by atoms with Crippen LogP contribution < -0.4 is 10.5 Å². The smallest absolute Gasteiger partial charge is 0.166 e. The van der Waals surface area contributed by atoms with Crippen molar-refractivity contribution in [3.63, 3.8) is 0 Å². The molecule has 3 nitrogen and oxygen atoms in total. The maximum absolute atomic E-state index is 13.7. The van der Waals surface area contributed by atoms with E-state index >= 15 is 0 Å². The van der Waals surface area contributed by atoms with Gasteiger partial charge in [0.1, 0.15) is 17.4 Å². The molecule has 6 heteroatoms. The monoisotopic (exact) mass is 326 g/mol.